The normalized spacial score (nSPS) is 18.3. The van der Waals surface area contributed by atoms with Gasteiger partial charge < -0.3 is 0 Å². The summed E-state index contributed by atoms with van der Waals surface area (Å²) in [5.41, 5.74) is 0. The van der Waals surface area contributed by atoms with Crippen molar-refractivity contribution in [2.45, 2.75) is 71.6 Å². The zero-order chi connectivity index (χ0) is 13.4. The molecule has 0 aromatic carbocycles. The highest BCUT2D eigenvalue weighted by molar-refractivity contribution is 7.99. The first-order chi connectivity index (χ1) is 8.62. The van der Waals surface area contributed by atoms with Gasteiger partial charge in [-0.2, -0.15) is 0 Å². The van der Waals surface area contributed by atoms with Crippen LogP contribution in [0.5, 0.6) is 0 Å². The monoisotopic (exact) mass is 270 g/mol. The lowest BCUT2D eigenvalue weighted by atomic mass is 10.1. The molecule has 0 aliphatic carbocycles. The van der Waals surface area contributed by atoms with Crippen LogP contribution in [0.4, 0.5) is 0 Å². The molecule has 0 unspecified atom stereocenters. The smallest absolute Gasteiger partial charge is 0.198 e. The Labute approximate surface area is 112 Å². The maximum absolute atomic E-state index is 12.4. The van der Waals surface area contributed by atoms with Gasteiger partial charge >= 0.3 is 0 Å². The Morgan fingerprint density at radius 1 is 0.889 bits per heavy atom. The molecule has 0 saturated carbocycles. The van der Waals surface area contributed by atoms with E-state index < -0.39 is 9.84 Å². The van der Waals surface area contributed by atoms with Gasteiger partial charge in [-0.25, -0.2) is 8.42 Å². The van der Waals surface area contributed by atoms with Crippen LogP contribution in [-0.2, 0) is 9.84 Å². The average Bonchev–Trinajstić information content (AvgIpc) is 2.34. The van der Waals surface area contributed by atoms with Gasteiger partial charge in [0, 0.05) is 9.81 Å². The molecule has 1 aliphatic rings. The van der Waals surface area contributed by atoms with Gasteiger partial charge in [-0.1, -0.05) is 51.7 Å². The standard InChI is InChI=1S/C15H26O2S/c1-3-5-7-10-14-12-9-13-15(18(14,16)17)11-8-6-4-2/h12-13H,3-11H2,1-2H3. The predicted molar refractivity (Wildman–Crippen MR) is 78.0 cm³/mol. The van der Waals surface area contributed by atoms with Crippen molar-refractivity contribution in [3.8, 4) is 0 Å². The van der Waals surface area contributed by atoms with E-state index in [0.29, 0.717) is 9.81 Å². The highest BCUT2D eigenvalue weighted by Crippen LogP contribution is 2.30. The van der Waals surface area contributed by atoms with Gasteiger partial charge in [0.15, 0.2) is 9.84 Å². The van der Waals surface area contributed by atoms with Crippen molar-refractivity contribution >= 4 is 9.84 Å². The molecule has 2 nitrogen and oxygen atoms in total. The highest BCUT2D eigenvalue weighted by atomic mass is 32.2. The van der Waals surface area contributed by atoms with E-state index in [-0.39, 0.29) is 0 Å². The van der Waals surface area contributed by atoms with Crippen LogP contribution in [0.25, 0.3) is 0 Å². The topological polar surface area (TPSA) is 34.1 Å². The molecule has 0 amide bonds. The third kappa shape index (κ3) is 4.27. The van der Waals surface area contributed by atoms with E-state index in [0.717, 1.165) is 57.8 Å². The summed E-state index contributed by atoms with van der Waals surface area (Å²) in [5.74, 6) is 0. The predicted octanol–water partition coefficient (Wildman–Crippen LogP) is 4.73. The number of unbranched alkanes of at least 4 members (excludes halogenated alkanes) is 4. The molecule has 0 atom stereocenters. The molecule has 0 aromatic heterocycles. The zero-order valence-corrected chi connectivity index (χ0v) is 12.6. The van der Waals surface area contributed by atoms with Gasteiger partial charge in [0.2, 0.25) is 0 Å². The van der Waals surface area contributed by atoms with Gasteiger partial charge in [-0.15, -0.1) is 0 Å². The molecule has 3 heteroatoms. The lowest BCUT2D eigenvalue weighted by Crippen LogP contribution is -2.11. The maximum Gasteiger partial charge on any atom is 0.198 e. The van der Waals surface area contributed by atoms with Crippen LogP contribution in [0.15, 0.2) is 22.0 Å². The van der Waals surface area contributed by atoms with E-state index in [1.807, 2.05) is 12.2 Å². The van der Waals surface area contributed by atoms with Gasteiger partial charge in [0.05, 0.1) is 0 Å². The van der Waals surface area contributed by atoms with Crippen LogP contribution in [0.2, 0.25) is 0 Å². The number of allylic oxidation sites excluding steroid dienone is 4. The third-order valence-electron chi connectivity index (χ3n) is 3.43. The highest BCUT2D eigenvalue weighted by Gasteiger charge is 2.24. The minimum Gasteiger partial charge on any atom is -0.219 e. The first-order valence-electron chi connectivity index (χ1n) is 7.26. The van der Waals surface area contributed by atoms with E-state index in [4.69, 9.17) is 0 Å². The number of hydrogen-bond donors (Lipinski definition) is 0. The summed E-state index contributed by atoms with van der Waals surface area (Å²) in [7, 11) is -3.10. The first kappa shape index (κ1) is 15.5. The second-order valence-corrected chi connectivity index (χ2v) is 7.05. The van der Waals surface area contributed by atoms with E-state index in [1.54, 1.807) is 0 Å². The van der Waals surface area contributed by atoms with Gasteiger partial charge in [0.1, 0.15) is 0 Å². The second-order valence-electron chi connectivity index (χ2n) is 4.99. The number of hydrogen-bond acceptors (Lipinski definition) is 2. The second kappa shape index (κ2) is 7.78. The molecule has 0 spiro atoms. The minimum atomic E-state index is -3.10. The fourth-order valence-electron chi connectivity index (χ4n) is 2.28. The van der Waals surface area contributed by atoms with Gasteiger partial charge in [0.25, 0.3) is 0 Å². The summed E-state index contributed by atoms with van der Waals surface area (Å²) in [5, 5.41) is 0. The van der Waals surface area contributed by atoms with Crippen LogP contribution in [0, 0.1) is 0 Å². The number of sulfone groups is 1. The largest absolute Gasteiger partial charge is 0.219 e. The van der Waals surface area contributed by atoms with Crippen molar-refractivity contribution < 1.29 is 8.42 Å². The molecule has 0 radical (unpaired) electrons. The summed E-state index contributed by atoms with van der Waals surface area (Å²) in [4.78, 5) is 1.34. The van der Waals surface area contributed by atoms with Crippen molar-refractivity contribution in [2.75, 3.05) is 0 Å². The zero-order valence-electron chi connectivity index (χ0n) is 11.7. The Balaban J connectivity index is 2.60. The number of rotatable bonds is 8. The van der Waals surface area contributed by atoms with Crippen molar-refractivity contribution in [1.82, 2.24) is 0 Å². The summed E-state index contributed by atoms with van der Waals surface area (Å²) in [6.07, 6.45) is 12.5. The van der Waals surface area contributed by atoms with Crippen LogP contribution in [0.3, 0.4) is 0 Å². The SMILES string of the molecule is CCCCCC1=CCC=C(CCCCC)S1(=O)=O. The van der Waals surface area contributed by atoms with Crippen molar-refractivity contribution in [1.29, 1.82) is 0 Å². The fourth-order valence-corrected chi connectivity index (χ4v) is 4.08. The van der Waals surface area contributed by atoms with E-state index in [2.05, 4.69) is 13.8 Å². The molecular formula is C15H26O2S. The van der Waals surface area contributed by atoms with Crippen molar-refractivity contribution in [2.24, 2.45) is 0 Å². The third-order valence-corrected chi connectivity index (χ3v) is 5.56. The molecule has 104 valence electrons. The molecule has 1 aliphatic heterocycles. The van der Waals surface area contributed by atoms with Crippen LogP contribution < -0.4 is 0 Å². The molecule has 1 heterocycles. The summed E-state index contributed by atoms with van der Waals surface area (Å²) in [6.45, 7) is 4.28. The Morgan fingerprint density at radius 2 is 1.33 bits per heavy atom. The average molecular weight is 270 g/mol. The molecule has 0 bridgehead atoms. The molecule has 0 saturated heterocycles. The van der Waals surface area contributed by atoms with E-state index in [9.17, 15) is 8.42 Å². The minimum absolute atomic E-state index is 0.671. The van der Waals surface area contributed by atoms with E-state index >= 15 is 0 Å². The Hall–Kier alpha value is -0.570. The van der Waals surface area contributed by atoms with Crippen LogP contribution in [-0.4, -0.2) is 8.42 Å². The maximum atomic E-state index is 12.4. The molecule has 1 rings (SSSR count). The quantitative estimate of drug-likeness (QED) is 0.597. The molecule has 18 heavy (non-hydrogen) atoms. The molecule has 0 aromatic rings. The molecule has 0 fully saturated rings. The van der Waals surface area contributed by atoms with Gasteiger partial charge in [-0.05, 0) is 32.1 Å². The molecular weight excluding hydrogens is 244 g/mol. The first-order valence-corrected chi connectivity index (χ1v) is 8.74. The Kier molecular flexibility index (Phi) is 6.69. The van der Waals surface area contributed by atoms with Crippen LogP contribution in [0.1, 0.15) is 71.6 Å². The van der Waals surface area contributed by atoms with E-state index in [1.165, 1.54) is 0 Å². The fraction of sp³-hybridized carbons (Fsp3) is 0.733. The molecule has 0 N–H and O–H groups in total. The lowest BCUT2D eigenvalue weighted by Gasteiger charge is -2.16. The summed E-state index contributed by atoms with van der Waals surface area (Å²) in [6, 6.07) is 0. The Bertz CT molecular complexity index is 370. The Morgan fingerprint density at radius 3 is 1.72 bits per heavy atom. The lowest BCUT2D eigenvalue weighted by molar-refractivity contribution is 0.598. The summed E-state index contributed by atoms with van der Waals surface area (Å²) >= 11 is 0. The van der Waals surface area contributed by atoms with Crippen molar-refractivity contribution in [3.63, 3.8) is 0 Å². The summed E-state index contributed by atoms with van der Waals surface area (Å²) < 4.78 is 24.7. The van der Waals surface area contributed by atoms with Gasteiger partial charge in [-0.3, -0.25) is 0 Å². The van der Waals surface area contributed by atoms with Crippen LogP contribution >= 0.6 is 0 Å². The van der Waals surface area contributed by atoms with Crippen molar-refractivity contribution in [3.05, 3.63) is 22.0 Å².